The summed E-state index contributed by atoms with van der Waals surface area (Å²) in [4.78, 5) is 0. The zero-order chi connectivity index (χ0) is 18.9. The van der Waals surface area contributed by atoms with Crippen LogP contribution in [0.25, 0.3) is 0 Å². The van der Waals surface area contributed by atoms with Gasteiger partial charge in [0.05, 0.1) is 27.9 Å². The van der Waals surface area contributed by atoms with Gasteiger partial charge in [-0.15, -0.1) is 0 Å². The van der Waals surface area contributed by atoms with Crippen LogP contribution in [-0.4, -0.2) is 27.9 Å². The minimum atomic E-state index is 0.558. The third-order valence-electron chi connectivity index (χ3n) is 4.86. The van der Waals surface area contributed by atoms with E-state index in [0.29, 0.717) is 11.8 Å². The van der Waals surface area contributed by atoms with Crippen molar-refractivity contribution in [1.82, 2.24) is 0 Å². The Morgan fingerprint density at radius 3 is 2.12 bits per heavy atom. The SMILES string of the molecule is COc1ccc([C@H](CC[NH2+]Cc2ccc(OC)c(OC)c2)C(C)C)cc1. The number of benzene rings is 2. The molecule has 0 aliphatic heterocycles. The first-order chi connectivity index (χ1) is 12.6. The molecule has 0 saturated heterocycles. The Morgan fingerprint density at radius 2 is 1.54 bits per heavy atom. The molecule has 4 heteroatoms. The molecule has 0 aromatic heterocycles. The van der Waals surface area contributed by atoms with Crippen LogP contribution in [0.2, 0.25) is 0 Å². The van der Waals surface area contributed by atoms with Crippen molar-refractivity contribution >= 4 is 0 Å². The molecule has 0 heterocycles. The molecule has 0 fully saturated rings. The van der Waals surface area contributed by atoms with E-state index in [0.717, 1.165) is 36.8 Å². The molecule has 2 N–H and O–H groups in total. The molecule has 26 heavy (non-hydrogen) atoms. The topological polar surface area (TPSA) is 44.3 Å². The van der Waals surface area contributed by atoms with Crippen molar-refractivity contribution in [3.63, 3.8) is 0 Å². The van der Waals surface area contributed by atoms with Crippen LogP contribution in [-0.2, 0) is 6.54 Å². The number of methoxy groups -OCH3 is 3. The van der Waals surface area contributed by atoms with Crippen LogP contribution < -0.4 is 19.5 Å². The standard InChI is InChI=1S/C22H31NO3/c1-16(2)20(18-7-9-19(24-3)10-8-18)12-13-23-15-17-6-11-21(25-4)22(14-17)26-5/h6-11,14,16,20,23H,12-13,15H2,1-5H3/p+1/t20-/m1/s1. The van der Waals surface area contributed by atoms with Crippen molar-refractivity contribution in [2.75, 3.05) is 27.9 Å². The molecule has 4 nitrogen and oxygen atoms in total. The Labute approximate surface area is 157 Å². The first kappa shape index (κ1) is 20.1. The van der Waals surface area contributed by atoms with E-state index in [1.54, 1.807) is 21.3 Å². The zero-order valence-corrected chi connectivity index (χ0v) is 16.6. The van der Waals surface area contributed by atoms with Crippen LogP contribution in [0.15, 0.2) is 42.5 Å². The van der Waals surface area contributed by atoms with Gasteiger partial charge in [-0.3, -0.25) is 0 Å². The number of nitrogens with two attached hydrogens (primary N) is 1. The molecule has 0 amide bonds. The third kappa shape index (κ3) is 5.40. The average Bonchev–Trinajstić information content (AvgIpc) is 2.67. The molecule has 0 aliphatic rings. The normalized spacial score (nSPS) is 12.1. The lowest BCUT2D eigenvalue weighted by Gasteiger charge is -2.21. The monoisotopic (exact) mass is 358 g/mol. The second-order valence-corrected chi connectivity index (χ2v) is 6.88. The molecular formula is C22H32NO3+. The maximum absolute atomic E-state index is 5.38. The van der Waals surface area contributed by atoms with Gasteiger partial charge < -0.3 is 19.5 Å². The van der Waals surface area contributed by atoms with Crippen LogP contribution in [0.5, 0.6) is 17.2 Å². The predicted octanol–water partition coefficient (Wildman–Crippen LogP) is 3.61. The zero-order valence-electron chi connectivity index (χ0n) is 16.6. The molecular weight excluding hydrogens is 326 g/mol. The fraction of sp³-hybridized carbons (Fsp3) is 0.455. The molecule has 1 atom stereocenters. The van der Waals surface area contributed by atoms with Crippen molar-refractivity contribution in [1.29, 1.82) is 0 Å². The summed E-state index contributed by atoms with van der Waals surface area (Å²) in [6.45, 7) is 6.61. The van der Waals surface area contributed by atoms with Gasteiger partial charge in [0.15, 0.2) is 11.5 Å². The number of hydrogen-bond donors (Lipinski definition) is 1. The highest BCUT2D eigenvalue weighted by molar-refractivity contribution is 5.42. The molecule has 0 bridgehead atoms. The Balaban J connectivity index is 1.89. The van der Waals surface area contributed by atoms with Gasteiger partial charge in [-0.25, -0.2) is 0 Å². The third-order valence-corrected chi connectivity index (χ3v) is 4.86. The van der Waals surface area contributed by atoms with Crippen LogP contribution in [0.4, 0.5) is 0 Å². The van der Waals surface area contributed by atoms with Crippen LogP contribution >= 0.6 is 0 Å². The molecule has 0 spiro atoms. The van der Waals surface area contributed by atoms with E-state index in [1.165, 1.54) is 11.1 Å². The summed E-state index contributed by atoms with van der Waals surface area (Å²) in [6, 6.07) is 14.6. The fourth-order valence-electron chi connectivity index (χ4n) is 3.31. The van der Waals surface area contributed by atoms with E-state index in [-0.39, 0.29) is 0 Å². The summed E-state index contributed by atoms with van der Waals surface area (Å²) < 4.78 is 15.9. The first-order valence-electron chi connectivity index (χ1n) is 9.25. The van der Waals surface area contributed by atoms with Gasteiger partial charge in [-0.1, -0.05) is 26.0 Å². The Kier molecular flexibility index (Phi) is 7.79. The highest BCUT2D eigenvalue weighted by Crippen LogP contribution is 2.29. The van der Waals surface area contributed by atoms with Crippen molar-refractivity contribution in [2.45, 2.75) is 32.7 Å². The number of rotatable bonds is 10. The van der Waals surface area contributed by atoms with Gasteiger partial charge in [0.1, 0.15) is 12.3 Å². The van der Waals surface area contributed by atoms with Gasteiger partial charge in [0.25, 0.3) is 0 Å². The van der Waals surface area contributed by atoms with Crippen LogP contribution in [0.3, 0.4) is 0 Å². The maximum Gasteiger partial charge on any atom is 0.161 e. The number of hydrogen-bond acceptors (Lipinski definition) is 3. The van der Waals surface area contributed by atoms with E-state index >= 15 is 0 Å². The molecule has 0 saturated carbocycles. The summed E-state index contributed by atoms with van der Waals surface area (Å²) in [5.74, 6) is 3.64. The molecule has 0 radical (unpaired) electrons. The quantitative estimate of drug-likeness (QED) is 0.660. The average molecular weight is 359 g/mol. The lowest BCUT2D eigenvalue weighted by molar-refractivity contribution is -0.671. The van der Waals surface area contributed by atoms with Crippen molar-refractivity contribution < 1.29 is 19.5 Å². The van der Waals surface area contributed by atoms with Gasteiger partial charge >= 0.3 is 0 Å². The highest BCUT2D eigenvalue weighted by Gasteiger charge is 2.16. The van der Waals surface area contributed by atoms with Crippen molar-refractivity contribution in [3.05, 3.63) is 53.6 Å². The molecule has 2 rings (SSSR count). The Hall–Kier alpha value is -2.20. The second-order valence-electron chi connectivity index (χ2n) is 6.88. The summed E-state index contributed by atoms with van der Waals surface area (Å²) in [5, 5.41) is 2.36. The van der Waals surface area contributed by atoms with Crippen molar-refractivity contribution in [3.8, 4) is 17.2 Å². The molecule has 0 unspecified atom stereocenters. The van der Waals surface area contributed by atoms with Crippen LogP contribution in [0.1, 0.15) is 37.3 Å². The molecule has 2 aromatic rings. The van der Waals surface area contributed by atoms with Gasteiger partial charge in [0.2, 0.25) is 0 Å². The molecule has 2 aromatic carbocycles. The lowest BCUT2D eigenvalue weighted by atomic mass is 9.86. The summed E-state index contributed by atoms with van der Waals surface area (Å²) in [7, 11) is 5.04. The molecule has 142 valence electrons. The van der Waals surface area contributed by atoms with E-state index < -0.39 is 0 Å². The van der Waals surface area contributed by atoms with Gasteiger partial charge in [0, 0.05) is 12.0 Å². The number of ether oxygens (including phenoxy) is 3. The second kappa shape index (κ2) is 10.1. The van der Waals surface area contributed by atoms with E-state index in [1.807, 2.05) is 6.07 Å². The first-order valence-corrected chi connectivity index (χ1v) is 9.25. The van der Waals surface area contributed by atoms with E-state index in [4.69, 9.17) is 14.2 Å². The van der Waals surface area contributed by atoms with Crippen LogP contribution in [0, 0.1) is 5.92 Å². The Bertz CT molecular complexity index is 668. The van der Waals surface area contributed by atoms with E-state index in [9.17, 15) is 0 Å². The smallest absolute Gasteiger partial charge is 0.161 e. The van der Waals surface area contributed by atoms with E-state index in [2.05, 4.69) is 55.6 Å². The summed E-state index contributed by atoms with van der Waals surface area (Å²) >= 11 is 0. The minimum absolute atomic E-state index is 0.558. The summed E-state index contributed by atoms with van der Waals surface area (Å²) in [6.07, 6.45) is 1.15. The van der Waals surface area contributed by atoms with Crippen molar-refractivity contribution in [2.24, 2.45) is 5.92 Å². The Morgan fingerprint density at radius 1 is 0.846 bits per heavy atom. The lowest BCUT2D eigenvalue weighted by Crippen LogP contribution is -2.82. The predicted molar refractivity (Wildman–Crippen MR) is 105 cm³/mol. The summed E-state index contributed by atoms with van der Waals surface area (Å²) in [5.41, 5.74) is 2.63. The maximum atomic E-state index is 5.38. The minimum Gasteiger partial charge on any atom is -0.497 e. The largest absolute Gasteiger partial charge is 0.497 e. The van der Waals surface area contributed by atoms with Gasteiger partial charge in [-0.2, -0.15) is 0 Å². The number of quaternary nitrogens is 1. The fourth-order valence-corrected chi connectivity index (χ4v) is 3.31. The highest BCUT2D eigenvalue weighted by atomic mass is 16.5. The molecule has 0 aliphatic carbocycles. The van der Waals surface area contributed by atoms with Gasteiger partial charge in [-0.05, 0) is 47.7 Å².